The largest absolute Gasteiger partial charge is 0.465 e. The second-order valence-electron chi connectivity index (χ2n) is 4.04. The molecule has 0 fully saturated rings. The molecule has 1 amide bonds. The van der Waals surface area contributed by atoms with Crippen molar-refractivity contribution in [2.75, 3.05) is 7.11 Å². The molecule has 0 aliphatic rings. The quantitative estimate of drug-likeness (QED) is 0.592. The first-order valence-electron chi connectivity index (χ1n) is 5.90. The molecule has 1 rings (SSSR count). The van der Waals surface area contributed by atoms with E-state index in [4.69, 9.17) is 5.73 Å². The van der Waals surface area contributed by atoms with E-state index in [1.54, 1.807) is 30.3 Å². The number of nitrogens with one attached hydrogen (secondary N) is 1. The van der Waals surface area contributed by atoms with E-state index in [2.05, 4.69) is 16.6 Å². The number of carbonyl (C=O) groups is 2. The van der Waals surface area contributed by atoms with Crippen LogP contribution in [0.1, 0.15) is 22.3 Å². The average Bonchev–Trinajstić information content (AvgIpc) is 2.44. The SMILES string of the molecule is C=CCC(N)C(=O)NCc1ccc(C(=O)OC)cc1. The van der Waals surface area contributed by atoms with Crippen molar-refractivity contribution in [2.45, 2.75) is 19.0 Å². The van der Waals surface area contributed by atoms with Crippen LogP contribution in [0.5, 0.6) is 0 Å². The second-order valence-corrected chi connectivity index (χ2v) is 4.04. The fourth-order valence-electron chi connectivity index (χ4n) is 1.48. The molecule has 0 aliphatic heterocycles. The Morgan fingerprint density at radius 1 is 1.42 bits per heavy atom. The molecule has 1 aromatic carbocycles. The van der Waals surface area contributed by atoms with Crippen molar-refractivity contribution in [3.05, 3.63) is 48.0 Å². The third kappa shape index (κ3) is 4.56. The molecule has 5 nitrogen and oxygen atoms in total. The molecular formula is C14H18N2O3. The second kappa shape index (κ2) is 7.33. The lowest BCUT2D eigenvalue weighted by molar-refractivity contribution is -0.122. The summed E-state index contributed by atoms with van der Waals surface area (Å²) in [6, 6.07) is 6.23. The first-order valence-corrected chi connectivity index (χ1v) is 5.90. The summed E-state index contributed by atoms with van der Waals surface area (Å²) in [4.78, 5) is 22.8. The number of carbonyl (C=O) groups excluding carboxylic acids is 2. The number of methoxy groups -OCH3 is 1. The molecule has 5 heteroatoms. The zero-order valence-electron chi connectivity index (χ0n) is 10.9. The van der Waals surface area contributed by atoms with Crippen LogP contribution in [0, 0.1) is 0 Å². The van der Waals surface area contributed by atoms with Crippen molar-refractivity contribution in [3.8, 4) is 0 Å². The smallest absolute Gasteiger partial charge is 0.337 e. The summed E-state index contributed by atoms with van der Waals surface area (Å²) in [6.07, 6.45) is 2.04. The Hall–Kier alpha value is -2.14. The molecule has 0 aliphatic carbocycles. The highest BCUT2D eigenvalue weighted by atomic mass is 16.5. The minimum Gasteiger partial charge on any atom is -0.465 e. The fraction of sp³-hybridized carbons (Fsp3) is 0.286. The van der Waals surface area contributed by atoms with Gasteiger partial charge in [-0.2, -0.15) is 0 Å². The van der Waals surface area contributed by atoms with E-state index in [1.165, 1.54) is 7.11 Å². The van der Waals surface area contributed by atoms with Gasteiger partial charge in [0.15, 0.2) is 0 Å². The van der Waals surface area contributed by atoms with Crippen LogP contribution in [0.15, 0.2) is 36.9 Å². The summed E-state index contributed by atoms with van der Waals surface area (Å²) in [5, 5.41) is 2.72. The van der Waals surface area contributed by atoms with E-state index < -0.39 is 6.04 Å². The highest BCUT2D eigenvalue weighted by molar-refractivity contribution is 5.89. The lowest BCUT2D eigenvalue weighted by atomic mass is 10.1. The highest BCUT2D eigenvalue weighted by Crippen LogP contribution is 2.05. The van der Waals surface area contributed by atoms with Gasteiger partial charge in [0.2, 0.25) is 5.91 Å². The maximum absolute atomic E-state index is 11.6. The number of amides is 1. The minimum atomic E-state index is -0.577. The predicted molar refractivity (Wildman–Crippen MR) is 72.4 cm³/mol. The molecular weight excluding hydrogens is 244 g/mol. The number of benzene rings is 1. The van der Waals surface area contributed by atoms with Crippen LogP contribution in [0.2, 0.25) is 0 Å². The maximum Gasteiger partial charge on any atom is 0.337 e. The van der Waals surface area contributed by atoms with Gasteiger partial charge >= 0.3 is 5.97 Å². The molecule has 1 aromatic rings. The molecule has 0 heterocycles. The normalized spacial score (nSPS) is 11.5. The van der Waals surface area contributed by atoms with Gasteiger partial charge in [0.1, 0.15) is 0 Å². The minimum absolute atomic E-state index is 0.225. The van der Waals surface area contributed by atoms with Crippen LogP contribution < -0.4 is 11.1 Å². The Kier molecular flexibility index (Phi) is 5.75. The van der Waals surface area contributed by atoms with Crippen molar-refractivity contribution >= 4 is 11.9 Å². The molecule has 0 radical (unpaired) electrons. The number of ether oxygens (including phenoxy) is 1. The van der Waals surface area contributed by atoms with Gasteiger partial charge in [-0.15, -0.1) is 6.58 Å². The van der Waals surface area contributed by atoms with Gasteiger partial charge in [-0.05, 0) is 24.1 Å². The number of hydrogen-bond donors (Lipinski definition) is 2. The standard InChI is InChI=1S/C14H18N2O3/c1-3-4-12(15)13(17)16-9-10-5-7-11(8-6-10)14(18)19-2/h3,5-8,12H,1,4,9,15H2,2H3,(H,16,17). The summed E-state index contributed by atoms with van der Waals surface area (Å²) in [5.41, 5.74) is 6.98. The van der Waals surface area contributed by atoms with Crippen molar-refractivity contribution in [1.29, 1.82) is 0 Å². The van der Waals surface area contributed by atoms with Crippen LogP contribution in [-0.2, 0) is 16.1 Å². The van der Waals surface area contributed by atoms with E-state index in [0.717, 1.165) is 5.56 Å². The number of esters is 1. The van der Waals surface area contributed by atoms with Gasteiger partial charge in [-0.3, -0.25) is 4.79 Å². The molecule has 3 N–H and O–H groups in total. The van der Waals surface area contributed by atoms with Crippen LogP contribution >= 0.6 is 0 Å². The Balaban J connectivity index is 2.52. The first-order chi connectivity index (χ1) is 9.08. The Labute approximate surface area is 112 Å². The van der Waals surface area contributed by atoms with E-state index >= 15 is 0 Å². The van der Waals surface area contributed by atoms with E-state index in [0.29, 0.717) is 18.5 Å². The lowest BCUT2D eigenvalue weighted by Crippen LogP contribution is -2.39. The van der Waals surface area contributed by atoms with Crippen LogP contribution in [0.3, 0.4) is 0 Å². The highest BCUT2D eigenvalue weighted by Gasteiger charge is 2.11. The number of rotatable bonds is 6. The van der Waals surface area contributed by atoms with Gasteiger partial charge < -0.3 is 15.8 Å². The molecule has 0 saturated carbocycles. The van der Waals surface area contributed by atoms with E-state index in [-0.39, 0.29) is 11.9 Å². The third-order valence-corrected chi connectivity index (χ3v) is 2.60. The van der Waals surface area contributed by atoms with Crippen molar-refractivity contribution in [2.24, 2.45) is 5.73 Å². The van der Waals surface area contributed by atoms with Crippen LogP contribution in [0.4, 0.5) is 0 Å². The van der Waals surface area contributed by atoms with E-state index in [9.17, 15) is 9.59 Å². The molecule has 0 aromatic heterocycles. The Morgan fingerprint density at radius 2 is 2.05 bits per heavy atom. The molecule has 0 spiro atoms. The maximum atomic E-state index is 11.6. The topological polar surface area (TPSA) is 81.4 Å². The number of nitrogens with two attached hydrogens (primary N) is 1. The van der Waals surface area contributed by atoms with Gasteiger partial charge in [0, 0.05) is 6.54 Å². The molecule has 1 unspecified atom stereocenters. The molecule has 1 atom stereocenters. The predicted octanol–water partition coefficient (Wildman–Crippen LogP) is 0.993. The van der Waals surface area contributed by atoms with Crippen molar-refractivity contribution in [1.82, 2.24) is 5.32 Å². The fourth-order valence-corrected chi connectivity index (χ4v) is 1.48. The van der Waals surface area contributed by atoms with Crippen molar-refractivity contribution in [3.63, 3.8) is 0 Å². The summed E-state index contributed by atoms with van der Waals surface area (Å²) >= 11 is 0. The van der Waals surface area contributed by atoms with E-state index in [1.807, 2.05) is 0 Å². The lowest BCUT2D eigenvalue weighted by Gasteiger charge is -2.10. The third-order valence-electron chi connectivity index (χ3n) is 2.60. The number of hydrogen-bond acceptors (Lipinski definition) is 4. The average molecular weight is 262 g/mol. The first kappa shape index (κ1) is 14.9. The van der Waals surface area contributed by atoms with Gasteiger partial charge in [0.05, 0.1) is 18.7 Å². The van der Waals surface area contributed by atoms with Gasteiger partial charge in [-0.25, -0.2) is 4.79 Å². The summed E-state index contributed by atoms with van der Waals surface area (Å²) in [5.74, 6) is -0.611. The molecule has 0 bridgehead atoms. The summed E-state index contributed by atoms with van der Waals surface area (Å²) < 4.78 is 4.60. The van der Waals surface area contributed by atoms with Crippen LogP contribution in [-0.4, -0.2) is 25.0 Å². The Morgan fingerprint density at radius 3 is 2.58 bits per heavy atom. The monoisotopic (exact) mass is 262 g/mol. The molecule has 102 valence electrons. The molecule has 0 saturated heterocycles. The van der Waals surface area contributed by atoms with Crippen LogP contribution in [0.25, 0.3) is 0 Å². The van der Waals surface area contributed by atoms with Crippen molar-refractivity contribution < 1.29 is 14.3 Å². The zero-order chi connectivity index (χ0) is 14.3. The molecule has 19 heavy (non-hydrogen) atoms. The Bertz CT molecular complexity index is 454. The summed E-state index contributed by atoms with van der Waals surface area (Å²) in [7, 11) is 1.33. The summed E-state index contributed by atoms with van der Waals surface area (Å²) in [6.45, 7) is 3.90. The zero-order valence-corrected chi connectivity index (χ0v) is 10.9. The van der Waals surface area contributed by atoms with Gasteiger partial charge in [-0.1, -0.05) is 18.2 Å². The van der Waals surface area contributed by atoms with Gasteiger partial charge in [0.25, 0.3) is 0 Å².